The molecule has 5 heteroatoms. The molecule has 0 saturated carbocycles. The number of ether oxygens (including phenoxy) is 1. The molecule has 5 nitrogen and oxygen atoms in total. The van der Waals surface area contributed by atoms with Gasteiger partial charge < -0.3 is 9.64 Å². The molecule has 1 aliphatic heterocycles. The van der Waals surface area contributed by atoms with E-state index in [0.717, 1.165) is 32.7 Å². The molecule has 1 unspecified atom stereocenters. The van der Waals surface area contributed by atoms with E-state index in [9.17, 15) is 10.1 Å². The number of hydrogen-bond acceptors (Lipinski definition) is 5. The molecule has 0 amide bonds. The highest BCUT2D eigenvalue weighted by Crippen LogP contribution is 2.16. The first kappa shape index (κ1) is 19.7. The maximum atomic E-state index is 12.6. The number of Topliss-reactive ketones (excluding diaryl/α,β-unsaturated/α-hetero) is 1. The predicted molar refractivity (Wildman–Crippen MR) is 109 cm³/mol. The fourth-order valence-corrected chi connectivity index (χ4v) is 3.24. The van der Waals surface area contributed by atoms with E-state index in [2.05, 4.69) is 40.1 Å². The quantitative estimate of drug-likeness (QED) is 0.695. The summed E-state index contributed by atoms with van der Waals surface area (Å²) in [5.41, 5.74) is 1.84. The summed E-state index contributed by atoms with van der Waals surface area (Å²) in [5.74, 6) is -0.283. The van der Waals surface area contributed by atoms with Crippen molar-refractivity contribution in [2.45, 2.75) is 6.54 Å². The zero-order chi connectivity index (χ0) is 19.8. The van der Waals surface area contributed by atoms with Crippen molar-refractivity contribution in [3.8, 4) is 11.8 Å². The number of methoxy groups -OCH3 is 1. The highest BCUT2D eigenvalue weighted by Gasteiger charge is 2.19. The van der Waals surface area contributed by atoms with Crippen molar-refractivity contribution in [2.75, 3.05) is 33.3 Å². The third-order valence-electron chi connectivity index (χ3n) is 4.94. The van der Waals surface area contributed by atoms with Crippen LogP contribution in [-0.4, -0.2) is 48.9 Å². The molecule has 0 radical (unpaired) electrons. The van der Waals surface area contributed by atoms with Gasteiger partial charge in [-0.3, -0.25) is 9.69 Å². The molecular weight excluding hydrogens is 350 g/mol. The molecule has 2 aromatic carbocycles. The molecule has 2 aromatic rings. The van der Waals surface area contributed by atoms with Crippen LogP contribution in [0.2, 0.25) is 0 Å². The fraction of sp³-hybridized carbons (Fsp3) is 0.304. The predicted octanol–water partition coefficient (Wildman–Crippen LogP) is 3.35. The van der Waals surface area contributed by atoms with Crippen LogP contribution in [-0.2, 0) is 6.54 Å². The Morgan fingerprint density at radius 1 is 1.11 bits per heavy atom. The first-order chi connectivity index (χ1) is 13.7. The second kappa shape index (κ2) is 9.72. The second-order valence-corrected chi connectivity index (χ2v) is 6.84. The number of rotatable bonds is 7. The minimum Gasteiger partial charge on any atom is -0.497 e. The SMILES string of the molecule is COc1ccc(C(=O)C(C#N)C=CN2CCN(Cc3ccccc3)CC2)cc1. The van der Waals surface area contributed by atoms with Crippen molar-refractivity contribution in [1.29, 1.82) is 5.26 Å². The fourth-order valence-electron chi connectivity index (χ4n) is 3.24. The van der Waals surface area contributed by atoms with Gasteiger partial charge in [0.1, 0.15) is 11.7 Å². The molecule has 0 aliphatic carbocycles. The van der Waals surface area contributed by atoms with Crippen LogP contribution >= 0.6 is 0 Å². The van der Waals surface area contributed by atoms with Gasteiger partial charge in [0.2, 0.25) is 0 Å². The molecule has 1 aliphatic rings. The monoisotopic (exact) mass is 375 g/mol. The average Bonchev–Trinajstić information content (AvgIpc) is 2.76. The Kier molecular flexibility index (Phi) is 6.83. The van der Waals surface area contributed by atoms with E-state index in [4.69, 9.17) is 4.74 Å². The zero-order valence-electron chi connectivity index (χ0n) is 16.1. The maximum Gasteiger partial charge on any atom is 0.183 e. The number of ketones is 1. The third-order valence-corrected chi connectivity index (χ3v) is 4.94. The van der Waals surface area contributed by atoms with Crippen molar-refractivity contribution < 1.29 is 9.53 Å². The molecule has 0 N–H and O–H groups in total. The van der Waals surface area contributed by atoms with Crippen LogP contribution in [0.4, 0.5) is 0 Å². The lowest BCUT2D eigenvalue weighted by Crippen LogP contribution is -2.43. The number of piperazine rings is 1. The van der Waals surface area contributed by atoms with Gasteiger partial charge in [-0.15, -0.1) is 0 Å². The van der Waals surface area contributed by atoms with E-state index in [1.165, 1.54) is 5.56 Å². The van der Waals surface area contributed by atoms with Gasteiger partial charge in [-0.05, 0) is 42.1 Å². The number of hydrogen-bond donors (Lipinski definition) is 0. The third kappa shape index (κ3) is 5.21. The smallest absolute Gasteiger partial charge is 0.183 e. The number of carbonyl (C=O) groups is 1. The van der Waals surface area contributed by atoms with Gasteiger partial charge in [-0.2, -0.15) is 5.26 Å². The highest BCUT2D eigenvalue weighted by atomic mass is 16.5. The molecule has 0 bridgehead atoms. The van der Waals surface area contributed by atoms with E-state index in [0.29, 0.717) is 11.3 Å². The van der Waals surface area contributed by atoms with Crippen LogP contribution in [0.1, 0.15) is 15.9 Å². The molecule has 144 valence electrons. The van der Waals surface area contributed by atoms with Crippen LogP contribution in [0, 0.1) is 17.2 Å². The van der Waals surface area contributed by atoms with Crippen LogP contribution in [0.5, 0.6) is 5.75 Å². The molecule has 28 heavy (non-hydrogen) atoms. The maximum absolute atomic E-state index is 12.6. The van der Waals surface area contributed by atoms with Gasteiger partial charge in [-0.25, -0.2) is 0 Å². The summed E-state index contributed by atoms with van der Waals surface area (Å²) in [6.45, 7) is 4.65. The van der Waals surface area contributed by atoms with Crippen molar-refractivity contribution in [2.24, 2.45) is 5.92 Å². The van der Waals surface area contributed by atoms with E-state index in [1.807, 2.05) is 12.3 Å². The molecular formula is C23H25N3O2. The van der Waals surface area contributed by atoms with Crippen molar-refractivity contribution in [1.82, 2.24) is 9.80 Å². The van der Waals surface area contributed by atoms with Crippen LogP contribution < -0.4 is 4.74 Å². The van der Waals surface area contributed by atoms with Crippen molar-refractivity contribution in [3.05, 3.63) is 78.0 Å². The van der Waals surface area contributed by atoms with Gasteiger partial charge in [0.25, 0.3) is 0 Å². The topological polar surface area (TPSA) is 56.6 Å². The summed E-state index contributed by atoms with van der Waals surface area (Å²) in [6, 6.07) is 19.4. The summed E-state index contributed by atoms with van der Waals surface area (Å²) in [6.07, 6.45) is 3.61. The molecule has 1 atom stereocenters. The summed E-state index contributed by atoms with van der Waals surface area (Å²) in [4.78, 5) is 17.2. The largest absolute Gasteiger partial charge is 0.497 e. The van der Waals surface area contributed by atoms with E-state index in [-0.39, 0.29) is 5.78 Å². The minimum atomic E-state index is -0.782. The van der Waals surface area contributed by atoms with Gasteiger partial charge in [0.15, 0.2) is 5.78 Å². The van der Waals surface area contributed by atoms with Gasteiger partial charge in [0, 0.05) is 38.3 Å². The molecule has 0 spiro atoms. The lowest BCUT2D eigenvalue weighted by atomic mass is 9.98. The Balaban J connectivity index is 1.52. The number of carbonyl (C=O) groups excluding carboxylic acids is 1. The van der Waals surface area contributed by atoms with E-state index in [1.54, 1.807) is 37.5 Å². The Labute approximate surface area is 166 Å². The molecule has 1 saturated heterocycles. The molecule has 1 fully saturated rings. The minimum absolute atomic E-state index is 0.191. The summed E-state index contributed by atoms with van der Waals surface area (Å²) < 4.78 is 5.11. The van der Waals surface area contributed by atoms with E-state index < -0.39 is 5.92 Å². The Hall–Kier alpha value is -3.10. The van der Waals surface area contributed by atoms with Gasteiger partial charge in [-0.1, -0.05) is 30.3 Å². The Morgan fingerprint density at radius 3 is 2.39 bits per heavy atom. The number of allylic oxidation sites excluding steroid dienone is 1. The van der Waals surface area contributed by atoms with Crippen LogP contribution in [0.3, 0.4) is 0 Å². The normalized spacial score (nSPS) is 15.9. The lowest BCUT2D eigenvalue weighted by molar-refractivity contribution is 0.0966. The summed E-state index contributed by atoms with van der Waals surface area (Å²) in [5, 5.41) is 9.42. The second-order valence-electron chi connectivity index (χ2n) is 6.84. The highest BCUT2D eigenvalue weighted by molar-refractivity contribution is 6.00. The summed E-state index contributed by atoms with van der Waals surface area (Å²) >= 11 is 0. The van der Waals surface area contributed by atoms with Crippen LogP contribution in [0.15, 0.2) is 66.9 Å². The lowest BCUT2D eigenvalue weighted by Gasteiger charge is -2.34. The van der Waals surface area contributed by atoms with Crippen LogP contribution in [0.25, 0.3) is 0 Å². The average molecular weight is 375 g/mol. The molecule has 3 rings (SSSR count). The van der Waals surface area contributed by atoms with E-state index >= 15 is 0 Å². The summed E-state index contributed by atoms with van der Waals surface area (Å²) in [7, 11) is 1.58. The zero-order valence-corrected chi connectivity index (χ0v) is 16.1. The first-order valence-corrected chi connectivity index (χ1v) is 9.46. The Bertz CT molecular complexity index is 832. The van der Waals surface area contributed by atoms with Gasteiger partial charge >= 0.3 is 0 Å². The molecule has 1 heterocycles. The molecule has 0 aromatic heterocycles. The first-order valence-electron chi connectivity index (χ1n) is 9.46. The number of nitriles is 1. The van der Waals surface area contributed by atoms with Gasteiger partial charge in [0.05, 0.1) is 13.2 Å². The number of benzene rings is 2. The standard InChI is InChI=1S/C23H25N3O2/c1-28-22-9-7-20(8-10-22)23(27)21(17-24)11-12-25-13-15-26(16-14-25)18-19-5-3-2-4-6-19/h2-12,21H,13-16,18H2,1H3. The van der Waals surface area contributed by atoms with Crippen molar-refractivity contribution >= 4 is 5.78 Å². The Morgan fingerprint density at radius 2 is 1.79 bits per heavy atom. The number of nitrogens with zero attached hydrogens (tertiary/aromatic N) is 3. The van der Waals surface area contributed by atoms with Crippen molar-refractivity contribution in [3.63, 3.8) is 0 Å².